The molecule has 1 fully saturated rings. The maximum absolute atomic E-state index is 11.8. The number of anilines is 1. The van der Waals surface area contributed by atoms with Gasteiger partial charge >= 0.3 is 0 Å². The van der Waals surface area contributed by atoms with Crippen molar-refractivity contribution in [3.63, 3.8) is 0 Å². The summed E-state index contributed by atoms with van der Waals surface area (Å²) in [5.41, 5.74) is 6.67. The molecule has 17 heavy (non-hydrogen) atoms. The molecule has 1 aliphatic carbocycles. The lowest BCUT2D eigenvalue weighted by Gasteiger charge is -2.31. The Morgan fingerprint density at radius 2 is 2.24 bits per heavy atom. The molecule has 0 unspecified atom stereocenters. The maximum atomic E-state index is 11.8. The summed E-state index contributed by atoms with van der Waals surface area (Å²) in [6.07, 6.45) is 0.968. The summed E-state index contributed by atoms with van der Waals surface area (Å²) in [5.74, 6) is 0.386. The summed E-state index contributed by atoms with van der Waals surface area (Å²) >= 11 is 0. The van der Waals surface area contributed by atoms with Crippen molar-refractivity contribution in [1.82, 2.24) is 5.32 Å². The largest absolute Gasteiger partial charge is 0.495 e. The van der Waals surface area contributed by atoms with Gasteiger partial charge in [0.05, 0.1) is 18.9 Å². The van der Waals surface area contributed by atoms with Crippen LogP contribution in [0.25, 0.3) is 0 Å². The first-order valence-electron chi connectivity index (χ1n) is 5.52. The Kier molecular flexibility index (Phi) is 3.19. The van der Waals surface area contributed by atoms with Crippen LogP contribution in [0.3, 0.4) is 0 Å². The van der Waals surface area contributed by atoms with Crippen LogP contribution in [0.15, 0.2) is 18.2 Å². The van der Waals surface area contributed by atoms with Crippen LogP contribution in [-0.2, 0) is 0 Å². The predicted octanol–water partition coefficient (Wildman–Crippen LogP) is 0.530. The highest BCUT2D eigenvalue weighted by atomic mass is 16.5. The molecule has 0 saturated heterocycles. The number of nitrogens with one attached hydrogen (secondary N) is 1. The Balaban J connectivity index is 2.01. The minimum atomic E-state index is -0.277. The molecule has 0 radical (unpaired) electrons. The molecule has 1 aliphatic rings. The molecule has 1 aromatic rings. The zero-order chi connectivity index (χ0) is 12.4. The van der Waals surface area contributed by atoms with Crippen molar-refractivity contribution >= 4 is 11.6 Å². The zero-order valence-electron chi connectivity index (χ0n) is 9.64. The standard InChI is InChI=1S/C12H16N2O3/c1-17-11-3-2-7(4-10(11)13)12(16)14-8-5-9(15)6-8/h2-4,8-9,15H,5-6,13H2,1H3,(H,14,16). The van der Waals surface area contributed by atoms with Crippen molar-refractivity contribution in [1.29, 1.82) is 0 Å². The number of carbonyl (C=O) groups is 1. The highest BCUT2D eigenvalue weighted by Gasteiger charge is 2.28. The van der Waals surface area contributed by atoms with E-state index in [4.69, 9.17) is 15.6 Å². The summed E-state index contributed by atoms with van der Waals surface area (Å²) in [4.78, 5) is 11.8. The molecule has 1 saturated carbocycles. The molecular formula is C12H16N2O3. The smallest absolute Gasteiger partial charge is 0.251 e. The topological polar surface area (TPSA) is 84.6 Å². The number of methoxy groups -OCH3 is 1. The monoisotopic (exact) mass is 236 g/mol. The summed E-state index contributed by atoms with van der Waals surface area (Å²) in [6.45, 7) is 0. The second kappa shape index (κ2) is 4.63. The van der Waals surface area contributed by atoms with E-state index in [0.29, 0.717) is 29.8 Å². The first kappa shape index (κ1) is 11.7. The molecule has 0 aliphatic heterocycles. The highest BCUT2D eigenvalue weighted by Crippen LogP contribution is 2.23. The number of benzene rings is 1. The predicted molar refractivity (Wildman–Crippen MR) is 63.9 cm³/mol. The van der Waals surface area contributed by atoms with Gasteiger partial charge in [0.15, 0.2) is 0 Å². The maximum Gasteiger partial charge on any atom is 0.251 e. The van der Waals surface area contributed by atoms with Gasteiger partial charge in [-0.15, -0.1) is 0 Å². The fourth-order valence-electron chi connectivity index (χ4n) is 1.85. The van der Waals surface area contributed by atoms with Crippen LogP contribution in [0.2, 0.25) is 0 Å². The fraction of sp³-hybridized carbons (Fsp3) is 0.417. The number of aliphatic hydroxyl groups is 1. The van der Waals surface area contributed by atoms with Crippen molar-refractivity contribution in [2.75, 3.05) is 12.8 Å². The van der Waals surface area contributed by atoms with E-state index in [1.54, 1.807) is 18.2 Å². The molecule has 0 aromatic heterocycles. The number of hydrogen-bond acceptors (Lipinski definition) is 4. The summed E-state index contributed by atoms with van der Waals surface area (Å²) in [5, 5.41) is 12.0. The van der Waals surface area contributed by atoms with Crippen LogP contribution in [0.4, 0.5) is 5.69 Å². The molecule has 2 rings (SSSR count). The molecule has 4 N–H and O–H groups in total. The molecular weight excluding hydrogens is 220 g/mol. The van der Waals surface area contributed by atoms with Crippen LogP contribution in [0.1, 0.15) is 23.2 Å². The van der Waals surface area contributed by atoms with E-state index in [1.807, 2.05) is 0 Å². The van der Waals surface area contributed by atoms with E-state index in [0.717, 1.165) is 0 Å². The number of hydrogen-bond donors (Lipinski definition) is 3. The minimum absolute atomic E-state index is 0.0702. The average molecular weight is 236 g/mol. The highest BCUT2D eigenvalue weighted by molar-refractivity contribution is 5.95. The van der Waals surface area contributed by atoms with E-state index in [2.05, 4.69) is 5.32 Å². The molecule has 0 bridgehead atoms. The third kappa shape index (κ3) is 2.50. The van der Waals surface area contributed by atoms with Gasteiger partial charge in [0.1, 0.15) is 5.75 Å². The SMILES string of the molecule is COc1ccc(C(=O)NC2CC(O)C2)cc1N. The van der Waals surface area contributed by atoms with Crippen molar-refractivity contribution in [3.05, 3.63) is 23.8 Å². The second-order valence-corrected chi connectivity index (χ2v) is 4.25. The minimum Gasteiger partial charge on any atom is -0.495 e. The molecule has 1 amide bonds. The molecule has 0 heterocycles. The number of aliphatic hydroxyl groups excluding tert-OH is 1. The van der Waals surface area contributed by atoms with Gasteiger partial charge in [-0.1, -0.05) is 0 Å². The Morgan fingerprint density at radius 3 is 2.76 bits per heavy atom. The molecule has 1 aromatic carbocycles. The Morgan fingerprint density at radius 1 is 1.53 bits per heavy atom. The van der Waals surface area contributed by atoms with Crippen molar-refractivity contribution in [2.24, 2.45) is 0 Å². The average Bonchev–Trinajstić information content (AvgIpc) is 2.26. The van der Waals surface area contributed by atoms with E-state index >= 15 is 0 Å². The van der Waals surface area contributed by atoms with Gasteiger partial charge in [-0.05, 0) is 31.0 Å². The van der Waals surface area contributed by atoms with Crippen molar-refractivity contribution < 1.29 is 14.6 Å². The Hall–Kier alpha value is -1.75. The number of amides is 1. The van der Waals surface area contributed by atoms with Gasteiger partial charge in [0.2, 0.25) is 0 Å². The lowest BCUT2D eigenvalue weighted by Crippen LogP contribution is -2.46. The lowest BCUT2D eigenvalue weighted by molar-refractivity contribution is 0.0562. The number of ether oxygens (including phenoxy) is 1. The van der Waals surface area contributed by atoms with E-state index in [1.165, 1.54) is 7.11 Å². The van der Waals surface area contributed by atoms with E-state index in [9.17, 15) is 4.79 Å². The number of nitrogens with two attached hydrogens (primary N) is 1. The number of rotatable bonds is 3. The normalized spacial score (nSPS) is 22.7. The molecule has 5 nitrogen and oxygen atoms in total. The molecule has 92 valence electrons. The van der Waals surface area contributed by atoms with E-state index in [-0.39, 0.29) is 18.1 Å². The number of carbonyl (C=O) groups excluding carboxylic acids is 1. The third-order valence-corrected chi connectivity index (χ3v) is 2.94. The van der Waals surface area contributed by atoms with Crippen molar-refractivity contribution in [3.8, 4) is 5.75 Å². The van der Waals surface area contributed by atoms with Gasteiger partial charge < -0.3 is 20.9 Å². The van der Waals surface area contributed by atoms with Gasteiger partial charge in [-0.25, -0.2) is 0 Å². The van der Waals surface area contributed by atoms with E-state index < -0.39 is 0 Å². The van der Waals surface area contributed by atoms with Crippen molar-refractivity contribution in [2.45, 2.75) is 25.0 Å². The Bertz CT molecular complexity index is 428. The molecule has 0 atom stereocenters. The van der Waals surface area contributed by atoms with Crippen LogP contribution >= 0.6 is 0 Å². The van der Waals surface area contributed by atoms with Gasteiger partial charge in [0, 0.05) is 11.6 Å². The van der Waals surface area contributed by atoms with Crippen LogP contribution in [-0.4, -0.2) is 30.3 Å². The third-order valence-electron chi connectivity index (χ3n) is 2.94. The lowest BCUT2D eigenvalue weighted by atomic mass is 9.89. The summed E-state index contributed by atoms with van der Waals surface area (Å²) in [7, 11) is 1.53. The molecule has 5 heteroatoms. The van der Waals surface area contributed by atoms with Gasteiger partial charge in [-0.2, -0.15) is 0 Å². The van der Waals surface area contributed by atoms with Gasteiger partial charge in [-0.3, -0.25) is 4.79 Å². The van der Waals surface area contributed by atoms with Gasteiger partial charge in [0.25, 0.3) is 5.91 Å². The zero-order valence-corrected chi connectivity index (χ0v) is 9.64. The quantitative estimate of drug-likeness (QED) is 0.668. The van der Waals surface area contributed by atoms with Crippen LogP contribution < -0.4 is 15.8 Å². The number of nitrogen functional groups attached to an aromatic ring is 1. The summed E-state index contributed by atoms with van der Waals surface area (Å²) in [6, 6.07) is 4.99. The summed E-state index contributed by atoms with van der Waals surface area (Å²) < 4.78 is 5.02. The second-order valence-electron chi connectivity index (χ2n) is 4.25. The van der Waals surface area contributed by atoms with Crippen LogP contribution in [0, 0.1) is 0 Å². The Labute approximate surface area is 99.6 Å². The first-order valence-corrected chi connectivity index (χ1v) is 5.52. The first-order chi connectivity index (χ1) is 8.10. The van der Waals surface area contributed by atoms with Crippen LogP contribution in [0.5, 0.6) is 5.75 Å². The fourth-order valence-corrected chi connectivity index (χ4v) is 1.85. The molecule has 0 spiro atoms.